The number of fused-ring (bicyclic) bond motifs is 1. The fourth-order valence-corrected chi connectivity index (χ4v) is 3.77. The maximum Gasteiger partial charge on any atom is 0.453 e. The number of anilines is 2. The molecular weight excluding hydrogens is 437 g/mol. The summed E-state index contributed by atoms with van der Waals surface area (Å²) in [5, 5.41) is 14.0. The van der Waals surface area contributed by atoms with Gasteiger partial charge >= 0.3 is 6.18 Å². The van der Waals surface area contributed by atoms with E-state index in [-0.39, 0.29) is 17.5 Å². The van der Waals surface area contributed by atoms with Crippen molar-refractivity contribution in [3.63, 3.8) is 0 Å². The average Bonchev–Trinajstić information content (AvgIpc) is 3.18. The summed E-state index contributed by atoms with van der Waals surface area (Å²) < 4.78 is 45.2. The summed E-state index contributed by atoms with van der Waals surface area (Å²) in [4.78, 5) is 14.5. The van der Waals surface area contributed by atoms with Gasteiger partial charge in [-0.2, -0.15) is 17.7 Å². The maximum absolute atomic E-state index is 13.1. The van der Waals surface area contributed by atoms with Gasteiger partial charge in [0.25, 0.3) is 5.82 Å². The van der Waals surface area contributed by atoms with Crippen molar-refractivity contribution in [3.05, 3.63) is 41.2 Å². The Bertz CT molecular complexity index is 1120. The topological polar surface area (TPSA) is 84.6 Å². The van der Waals surface area contributed by atoms with E-state index in [0.29, 0.717) is 52.7 Å². The zero-order valence-corrected chi connectivity index (χ0v) is 17.1. The molecule has 1 amide bonds. The van der Waals surface area contributed by atoms with Crippen LogP contribution in [0, 0.1) is 5.92 Å². The number of ether oxygens (including phenoxy) is 1. The molecule has 8 nitrogen and oxygen atoms in total. The van der Waals surface area contributed by atoms with Gasteiger partial charge in [-0.1, -0.05) is 11.6 Å². The van der Waals surface area contributed by atoms with Gasteiger partial charge in [-0.15, -0.1) is 15.3 Å². The first kappa shape index (κ1) is 21.2. The molecule has 1 N–H and O–H groups in total. The Morgan fingerprint density at radius 1 is 1.26 bits per heavy atom. The fraction of sp³-hybridized carbons (Fsp3) is 0.368. The highest BCUT2D eigenvalue weighted by molar-refractivity contribution is 6.32. The molecule has 1 atom stereocenters. The monoisotopic (exact) mass is 454 g/mol. The molecule has 1 aliphatic heterocycles. The Balaban J connectivity index is 1.50. The van der Waals surface area contributed by atoms with Crippen molar-refractivity contribution < 1.29 is 22.7 Å². The Kier molecular flexibility index (Phi) is 5.61. The van der Waals surface area contributed by atoms with Gasteiger partial charge in [0.1, 0.15) is 11.6 Å². The van der Waals surface area contributed by atoms with E-state index in [2.05, 4.69) is 20.6 Å². The van der Waals surface area contributed by atoms with E-state index in [9.17, 15) is 18.0 Å². The largest absolute Gasteiger partial charge is 0.495 e. The summed E-state index contributed by atoms with van der Waals surface area (Å²) in [5.74, 6) is -0.936. The predicted molar refractivity (Wildman–Crippen MR) is 107 cm³/mol. The summed E-state index contributed by atoms with van der Waals surface area (Å²) in [6.45, 7) is 0.887. The van der Waals surface area contributed by atoms with Crippen LogP contribution in [0.15, 0.2) is 30.3 Å². The van der Waals surface area contributed by atoms with Crippen LogP contribution >= 0.6 is 11.6 Å². The molecule has 3 aromatic rings. The molecule has 1 aliphatic rings. The van der Waals surface area contributed by atoms with Crippen LogP contribution in [0.1, 0.15) is 18.7 Å². The second-order valence-electron chi connectivity index (χ2n) is 7.11. The minimum absolute atomic E-state index is 0.00115. The number of hydrogen-bond donors (Lipinski definition) is 1. The van der Waals surface area contributed by atoms with Crippen molar-refractivity contribution in [2.75, 3.05) is 30.4 Å². The number of aromatic nitrogens is 4. The van der Waals surface area contributed by atoms with Crippen LogP contribution in [-0.2, 0) is 11.0 Å². The third-order valence-corrected chi connectivity index (χ3v) is 5.33. The number of halogens is 4. The number of alkyl halides is 3. The van der Waals surface area contributed by atoms with Crippen LogP contribution in [-0.4, -0.2) is 45.9 Å². The van der Waals surface area contributed by atoms with Gasteiger partial charge < -0.3 is 15.0 Å². The van der Waals surface area contributed by atoms with E-state index < -0.39 is 12.0 Å². The maximum atomic E-state index is 13.1. The van der Waals surface area contributed by atoms with E-state index in [0.717, 1.165) is 0 Å². The van der Waals surface area contributed by atoms with Crippen molar-refractivity contribution in [2.24, 2.45) is 5.92 Å². The average molecular weight is 455 g/mol. The van der Waals surface area contributed by atoms with Crippen LogP contribution in [0.2, 0.25) is 5.02 Å². The Labute approximate surface area is 180 Å². The molecule has 4 rings (SSSR count). The van der Waals surface area contributed by atoms with Crippen molar-refractivity contribution in [1.82, 2.24) is 19.8 Å². The first-order valence-electron chi connectivity index (χ1n) is 9.45. The van der Waals surface area contributed by atoms with E-state index >= 15 is 0 Å². The summed E-state index contributed by atoms with van der Waals surface area (Å²) in [7, 11) is 1.50. The van der Waals surface area contributed by atoms with Gasteiger partial charge in [0, 0.05) is 18.8 Å². The number of carbonyl (C=O) groups excluding carboxylic acids is 1. The zero-order valence-electron chi connectivity index (χ0n) is 16.4. The SMILES string of the molecule is COc1ccc(NC(=O)[C@@H]2CCCN(c3ccc4nnc(C(F)(F)F)n4n3)C2)cc1Cl. The minimum Gasteiger partial charge on any atom is -0.495 e. The van der Waals surface area contributed by atoms with Gasteiger partial charge in [0.2, 0.25) is 5.91 Å². The first-order valence-corrected chi connectivity index (χ1v) is 9.83. The number of nitrogens with zero attached hydrogens (tertiary/aromatic N) is 5. The van der Waals surface area contributed by atoms with Gasteiger partial charge in [-0.25, -0.2) is 0 Å². The van der Waals surface area contributed by atoms with E-state index in [1.165, 1.54) is 13.2 Å². The number of piperidine rings is 1. The lowest BCUT2D eigenvalue weighted by molar-refractivity contribution is -0.146. The number of methoxy groups -OCH3 is 1. The molecule has 0 radical (unpaired) electrons. The van der Waals surface area contributed by atoms with Gasteiger partial charge in [-0.05, 0) is 43.2 Å². The molecule has 1 aromatic carbocycles. The third kappa shape index (κ3) is 4.36. The number of rotatable bonds is 4. The molecule has 0 unspecified atom stereocenters. The second-order valence-corrected chi connectivity index (χ2v) is 7.51. The number of benzene rings is 1. The summed E-state index contributed by atoms with van der Waals surface area (Å²) >= 11 is 6.10. The van der Waals surface area contributed by atoms with E-state index in [1.54, 1.807) is 29.2 Å². The quantitative estimate of drug-likeness (QED) is 0.647. The molecule has 2 aromatic heterocycles. The standard InChI is InChI=1S/C19H18ClF3N6O2/c1-31-14-5-4-12(9-13(14)20)24-17(30)11-3-2-8-28(10-11)16-7-6-15-25-26-18(19(21,22)23)29(15)27-16/h4-7,9,11H,2-3,8,10H2,1H3,(H,24,30)/t11-/m1/s1. The number of nitrogens with one attached hydrogen (secondary N) is 1. The highest BCUT2D eigenvalue weighted by atomic mass is 35.5. The number of hydrogen-bond acceptors (Lipinski definition) is 6. The molecule has 1 fully saturated rings. The molecule has 31 heavy (non-hydrogen) atoms. The van der Waals surface area contributed by atoms with Crippen molar-refractivity contribution in [3.8, 4) is 5.75 Å². The van der Waals surface area contributed by atoms with Gasteiger partial charge in [0.05, 0.1) is 18.1 Å². The van der Waals surface area contributed by atoms with Crippen LogP contribution in [0.4, 0.5) is 24.7 Å². The third-order valence-electron chi connectivity index (χ3n) is 5.04. The molecule has 0 saturated carbocycles. The first-order chi connectivity index (χ1) is 14.8. The number of carbonyl (C=O) groups is 1. The molecule has 164 valence electrons. The normalized spacial score (nSPS) is 17.1. The second kappa shape index (κ2) is 8.22. The molecular formula is C19H18ClF3N6O2. The Morgan fingerprint density at radius 2 is 2.06 bits per heavy atom. The highest BCUT2D eigenvalue weighted by Crippen LogP contribution is 2.30. The summed E-state index contributed by atoms with van der Waals surface area (Å²) in [5.41, 5.74) is 0.533. The Morgan fingerprint density at radius 3 is 2.77 bits per heavy atom. The molecule has 0 aliphatic carbocycles. The highest BCUT2D eigenvalue weighted by Gasteiger charge is 2.38. The lowest BCUT2D eigenvalue weighted by Gasteiger charge is -2.32. The summed E-state index contributed by atoms with van der Waals surface area (Å²) in [6, 6.07) is 7.94. The van der Waals surface area contributed by atoms with Crippen molar-refractivity contribution in [2.45, 2.75) is 19.0 Å². The van der Waals surface area contributed by atoms with Crippen LogP contribution in [0.3, 0.4) is 0 Å². The number of amides is 1. The zero-order chi connectivity index (χ0) is 22.2. The summed E-state index contributed by atoms with van der Waals surface area (Å²) in [6.07, 6.45) is -3.33. The van der Waals surface area contributed by atoms with E-state index in [1.807, 2.05) is 0 Å². The molecule has 1 saturated heterocycles. The smallest absolute Gasteiger partial charge is 0.453 e. The fourth-order valence-electron chi connectivity index (χ4n) is 3.51. The van der Waals surface area contributed by atoms with Crippen molar-refractivity contribution in [1.29, 1.82) is 0 Å². The minimum atomic E-state index is -4.67. The van der Waals surface area contributed by atoms with Gasteiger partial charge in [0.15, 0.2) is 5.65 Å². The van der Waals surface area contributed by atoms with Crippen LogP contribution in [0.25, 0.3) is 5.65 Å². The lowest BCUT2D eigenvalue weighted by Crippen LogP contribution is -2.41. The Hall–Kier alpha value is -3.08. The predicted octanol–water partition coefficient (Wildman–Crippen LogP) is 3.66. The van der Waals surface area contributed by atoms with E-state index in [4.69, 9.17) is 16.3 Å². The van der Waals surface area contributed by atoms with Crippen LogP contribution < -0.4 is 15.0 Å². The molecule has 3 heterocycles. The molecule has 12 heteroatoms. The molecule has 0 bridgehead atoms. The van der Waals surface area contributed by atoms with Crippen molar-refractivity contribution >= 4 is 34.7 Å². The van der Waals surface area contributed by atoms with Crippen LogP contribution in [0.5, 0.6) is 5.75 Å². The van der Waals surface area contributed by atoms with Gasteiger partial charge in [-0.3, -0.25) is 4.79 Å². The molecule has 0 spiro atoms. The lowest BCUT2D eigenvalue weighted by atomic mass is 9.97.